The second kappa shape index (κ2) is 7.36. The molecule has 116 valence electrons. The van der Waals surface area contributed by atoms with Crippen LogP contribution < -0.4 is 5.09 Å². The Morgan fingerprint density at radius 3 is 2.52 bits per heavy atom. The number of carboxylic acid groups (broad SMARTS) is 2. The van der Waals surface area contributed by atoms with Gasteiger partial charge in [0, 0.05) is 6.42 Å². The van der Waals surface area contributed by atoms with E-state index < -0.39 is 31.9 Å². The molecule has 0 spiro atoms. The van der Waals surface area contributed by atoms with Crippen molar-refractivity contribution in [2.24, 2.45) is 0 Å². The number of hydrogen-bond donors (Lipinski definition) is 4. The first-order valence-corrected chi connectivity index (χ1v) is 8.14. The molecule has 2 unspecified atom stereocenters. The van der Waals surface area contributed by atoms with E-state index in [0.29, 0.717) is 5.56 Å². The van der Waals surface area contributed by atoms with E-state index in [1.165, 1.54) is 0 Å². The minimum atomic E-state index is -3.93. The maximum atomic E-state index is 12.1. The third-order valence-corrected chi connectivity index (χ3v) is 4.29. The molecule has 0 aliphatic carbocycles. The molecule has 0 saturated carbocycles. The van der Waals surface area contributed by atoms with Crippen LogP contribution in [0.3, 0.4) is 0 Å². The molecular formula is C13H18NO6P. The zero-order valence-corrected chi connectivity index (χ0v) is 12.4. The van der Waals surface area contributed by atoms with Crippen molar-refractivity contribution in [3.05, 3.63) is 35.4 Å². The number of carbonyl (C=O) groups is 2. The molecule has 1 aromatic carbocycles. The zero-order chi connectivity index (χ0) is 16.0. The summed E-state index contributed by atoms with van der Waals surface area (Å²) in [4.78, 5) is 31.4. The van der Waals surface area contributed by atoms with Crippen LogP contribution in [-0.2, 0) is 20.3 Å². The van der Waals surface area contributed by atoms with Crippen LogP contribution in [0.5, 0.6) is 0 Å². The maximum absolute atomic E-state index is 12.1. The summed E-state index contributed by atoms with van der Waals surface area (Å²) in [5, 5.41) is 19.7. The van der Waals surface area contributed by atoms with Gasteiger partial charge < -0.3 is 15.1 Å². The Hall–Kier alpha value is -1.69. The summed E-state index contributed by atoms with van der Waals surface area (Å²) < 4.78 is 12.1. The van der Waals surface area contributed by atoms with Gasteiger partial charge in [-0.05, 0) is 18.9 Å². The first-order valence-electron chi connectivity index (χ1n) is 6.29. The predicted octanol–water partition coefficient (Wildman–Crippen LogP) is 1.59. The lowest BCUT2D eigenvalue weighted by molar-refractivity contribution is -0.140. The van der Waals surface area contributed by atoms with Crippen LogP contribution in [0.4, 0.5) is 0 Å². The summed E-state index contributed by atoms with van der Waals surface area (Å²) in [6.45, 7) is 1.84. The van der Waals surface area contributed by atoms with Gasteiger partial charge in [-0.1, -0.05) is 29.8 Å². The molecule has 0 radical (unpaired) electrons. The van der Waals surface area contributed by atoms with Gasteiger partial charge in [-0.2, -0.15) is 0 Å². The van der Waals surface area contributed by atoms with Crippen molar-refractivity contribution in [1.29, 1.82) is 0 Å². The average molecular weight is 315 g/mol. The molecule has 0 heterocycles. The third-order valence-electron chi connectivity index (χ3n) is 2.78. The minimum absolute atomic E-state index is 0.217. The van der Waals surface area contributed by atoms with Gasteiger partial charge in [0.1, 0.15) is 6.04 Å². The number of carboxylic acids is 2. The molecule has 4 N–H and O–H groups in total. The Morgan fingerprint density at radius 2 is 2.00 bits per heavy atom. The molecular weight excluding hydrogens is 297 g/mol. The molecule has 0 aliphatic rings. The fourth-order valence-electron chi connectivity index (χ4n) is 1.86. The third kappa shape index (κ3) is 6.53. The molecule has 2 atom stereocenters. The molecule has 0 fully saturated rings. The summed E-state index contributed by atoms with van der Waals surface area (Å²) in [7, 11) is -3.93. The lowest BCUT2D eigenvalue weighted by atomic mass is 10.2. The van der Waals surface area contributed by atoms with Crippen LogP contribution in [0.15, 0.2) is 24.3 Å². The second-order valence-corrected chi connectivity index (χ2v) is 6.78. The van der Waals surface area contributed by atoms with Gasteiger partial charge in [-0.3, -0.25) is 14.2 Å². The number of rotatable bonds is 8. The van der Waals surface area contributed by atoms with Crippen molar-refractivity contribution in [3.8, 4) is 0 Å². The van der Waals surface area contributed by atoms with Gasteiger partial charge in [0.05, 0.1) is 6.16 Å². The molecule has 0 aromatic heterocycles. The monoisotopic (exact) mass is 315 g/mol. The van der Waals surface area contributed by atoms with Gasteiger partial charge in [0.25, 0.3) is 7.52 Å². The normalized spacial score (nSPS) is 15.1. The van der Waals surface area contributed by atoms with Gasteiger partial charge in [0.2, 0.25) is 0 Å². The van der Waals surface area contributed by atoms with Crippen molar-refractivity contribution in [1.82, 2.24) is 5.09 Å². The summed E-state index contributed by atoms with van der Waals surface area (Å²) >= 11 is 0. The Balaban J connectivity index is 2.74. The topological polar surface area (TPSA) is 124 Å². The number of aliphatic carboxylic acids is 2. The highest BCUT2D eigenvalue weighted by molar-refractivity contribution is 7.55. The largest absolute Gasteiger partial charge is 0.481 e. The predicted molar refractivity (Wildman–Crippen MR) is 76.1 cm³/mol. The number of aryl methyl sites for hydroxylation is 1. The van der Waals surface area contributed by atoms with E-state index in [1.54, 1.807) is 18.2 Å². The van der Waals surface area contributed by atoms with Crippen molar-refractivity contribution >= 4 is 19.5 Å². The van der Waals surface area contributed by atoms with Crippen LogP contribution in [0, 0.1) is 6.92 Å². The van der Waals surface area contributed by atoms with Gasteiger partial charge >= 0.3 is 11.9 Å². The molecule has 7 nitrogen and oxygen atoms in total. The summed E-state index contributed by atoms with van der Waals surface area (Å²) in [6.07, 6.45) is -0.872. The number of nitrogens with one attached hydrogen (secondary N) is 1. The van der Waals surface area contributed by atoms with Crippen molar-refractivity contribution in [2.45, 2.75) is 32.0 Å². The average Bonchev–Trinajstić information content (AvgIpc) is 2.33. The standard InChI is InChI=1S/C13H18NO6P/c1-9-3-2-4-10(7-9)8-21(19,20)14-11(13(17)18)5-6-12(15)16/h2-4,7,11H,5-6,8H2,1H3,(H,15,16)(H,17,18)(H2,14,19,20). The van der Waals surface area contributed by atoms with Crippen LogP contribution >= 0.6 is 7.52 Å². The van der Waals surface area contributed by atoms with E-state index >= 15 is 0 Å². The van der Waals surface area contributed by atoms with Crippen LogP contribution in [0.2, 0.25) is 0 Å². The van der Waals surface area contributed by atoms with Gasteiger partial charge in [-0.25, -0.2) is 5.09 Å². The summed E-state index contributed by atoms with van der Waals surface area (Å²) in [5.41, 5.74) is 1.53. The Kier molecular flexibility index (Phi) is 6.08. The minimum Gasteiger partial charge on any atom is -0.481 e. The van der Waals surface area contributed by atoms with Crippen molar-refractivity contribution in [2.75, 3.05) is 0 Å². The summed E-state index contributed by atoms with van der Waals surface area (Å²) in [6, 6.07) is 5.61. The molecule has 0 aliphatic heterocycles. The summed E-state index contributed by atoms with van der Waals surface area (Å²) in [5.74, 6) is -2.51. The highest BCUT2D eigenvalue weighted by Crippen LogP contribution is 2.40. The van der Waals surface area contributed by atoms with E-state index in [9.17, 15) is 19.0 Å². The lowest BCUT2D eigenvalue weighted by Gasteiger charge is -2.19. The second-order valence-electron chi connectivity index (χ2n) is 4.80. The number of hydrogen-bond acceptors (Lipinski definition) is 3. The highest BCUT2D eigenvalue weighted by atomic mass is 31.2. The molecule has 1 rings (SSSR count). The quantitative estimate of drug-likeness (QED) is 0.537. The van der Waals surface area contributed by atoms with Crippen molar-refractivity contribution in [3.63, 3.8) is 0 Å². The first-order chi connectivity index (χ1) is 9.69. The van der Waals surface area contributed by atoms with Crippen LogP contribution in [-0.4, -0.2) is 33.1 Å². The molecule has 1 aromatic rings. The van der Waals surface area contributed by atoms with Crippen LogP contribution in [0.25, 0.3) is 0 Å². The fourth-order valence-corrected chi connectivity index (χ4v) is 3.37. The van der Waals surface area contributed by atoms with E-state index in [0.717, 1.165) is 5.56 Å². The Labute approximate surface area is 122 Å². The van der Waals surface area contributed by atoms with E-state index in [-0.39, 0.29) is 12.6 Å². The molecule has 0 saturated heterocycles. The van der Waals surface area contributed by atoms with Gasteiger partial charge in [0.15, 0.2) is 0 Å². The molecule has 0 bridgehead atoms. The van der Waals surface area contributed by atoms with E-state index in [4.69, 9.17) is 10.2 Å². The highest BCUT2D eigenvalue weighted by Gasteiger charge is 2.28. The molecule has 21 heavy (non-hydrogen) atoms. The zero-order valence-electron chi connectivity index (χ0n) is 11.5. The first kappa shape index (κ1) is 17.4. The van der Waals surface area contributed by atoms with E-state index in [1.807, 2.05) is 13.0 Å². The lowest BCUT2D eigenvalue weighted by Crippen LogP contribution is -2.35. The fraction of sp³-hybridized carbons (Fsp3) is 0.385. The molecule has 8 heteroatoms. The Morgan fingerprint density at radius 1 is 1.33 bits per heavy atom. The Bertz CT molecular complexity index is 574. The van der Waals surface area contributed by atoms with Crippen molar-refractivity contribution < 1.29 is 29.3 Å². The maximum Gasteiger partial charge on any atom is 0.321 e. The van der Waals surface area contributed by atoms with Gasteiger partial charge in [-0.15, -0.1) is 0 Å². The van der Waals surface area contributed by atoms with E-state index in [2.05, 4.69) is 5.09 Å². The smallest absolute Gasteiger partial charge is 0.321 e. The number of benzene rings is 1. The molecule has 0 amide bonds. The van der Waals surface area contributed by atoms with Crippen LogP contribution in [0.1, 0.15) is 24.0 Å². The SMILES string of the molecule is Cc1cccc(CP(=O)(O)NC(CCC(=O)O)C(=O)O)c1.